The van der Waals surface area contributed by atoms with Crippen molar-refractivity contribution < 1.29 is 4.74 Å². The summed E-state index contributed by atoms with van der Waals surface area (Å²) in [4.78, 5) is 0. The Hall–Kier alpha value is -0.870. The van der Waals surface area contributed by atoms with Crippen molar-refractivity contribution in [1.82, 2.24) is 0 Å². The van der Waals surface area contributed by atoms with E-state index in [2.05, 4.69) is 6.07 Å². The molecule has 3 nitrogen and oxygen atoms in total. The molecule has 0 aliphatic rings. The second-order valence-corrected chi connectivity index (χ2v) is 4.49. The first kappa shape index (κ1) is 16.1. The van der Waals surface area contributed by atoms with Crippen LogP contribution in [0.3, 0.4) is 0 Å². The summed E-state index contributed by atoms with van der Waals surface area (Å²) >= 11 is 1.39. The van der Waals surface area contributed by atoms with Crippen LogP contribution in [0.15, 0.2) is 24.3 Å². The quantitative estimate of drug-likeness (QED) is 0.476. The van der Waals surface area contributed by atoms with Crippen molar-refractivity contribution in [2.24, 2.45) is 5.73 Å². The van der Waals surface area contributed by atoms with E-state index >= 15 is 0 Å². The van der Waals surface area contributed by atoms with Crippen LogP contribution in [-0.2, 0) is 6.42 Å². The van der Waals surface area contributed by atoms with Crippen LogP contribution in [0.4, 0.5) is 0 Å². The second kappa shape index (κ2) is 9.19. The summed E-state index contributed by atoms with van der Waals surface area (Å²) in [5, 5.41) is 7.29. The van der Waals surface area contributed by atoms with E-state index in [0.717, 1.165) is 24.3 Å². The molecule has 0 amide bonds. The van der Waals surface area contributed by atoms with Gasteiger partial charge >= 0.3 is 0 Å². The fourth-order valence-electron chi connectivity index (χ4n) is 1.45. The maximum atomic E-state index is 7.10. The number of hydrogen-bond donors (Lipinski definition) is 2. The lowest BCUT2D eigenvalue weighted by Crippen LogP contribution is -2.05. The van der Waals surface area contributed by atoms with Crippen molar-refractivity contribution in [3.05, 3.63) is 29.8 Å². The van der Waals surface area contributed by atoms with E-state index in [9.17, 15) is 0 Å². The van der Waals surface area contributed by atoms with E-state index in [-0.39, 0.29) is 17.6 Å². The van der Waals surface area contributed by atoms with Gasteiger partial charge in [0.05, 0.1) is 6.61 Å². The number of aryl methyl sites for hydroxylation is 1. The Labute approximate surface area is 113 Å². The number of halogens is 1. The number of para-hydroxylation sites is 1. The Morgan fingerprint density at radius 2 is 2.12 bits per heavy atom. The molecule has 0 aliphatic heterocycles. The van der Waals surface area contributed by atoms with Crippen molar-refractivity contribution in [2.45, 2.75) is 19.8 Å². The standard InChI is InChI=1S/C12H18N2OS.ClH/c1-2-15-11-8-4-3-6-10(11)7-5-9-16-12(13)14;/h3-4,6,8H,2,5,7,9H2,1H3,(H3,13,14);1H. The van der Waals surface area contributed by atoms with Crippen molar-refractivity contribution in [3.63, 3.8) is 0 Å². The molecule has 0 bridgehead atoms. The molecule has 0 atom stereocenters. The third kappa shape index (κ3) is 6.44. The van der Waals surface area contributed by atoms with Crippen LogP contribution in [0.2, 0.25) is 0 Å². The summed E-state index contributed by atoms with van der Waals surface area (Å²) in [6, 6.07) is 8.09. The van der Waals surface area contributed by atoms with E-state index in [0.29, 0.717) is 6.61 Å². The fourth-order valence-corrected chi connectivity index (χ4v) is 1.96. The SMILES string of the molecule is CCOc1ccccc1CCCSC(=N)N.Cl. The lowest BCUT2D eigenvalue weighted by Gasteiger charge is -2.09. The van der Waals surface area contributed by atoms with Gasteiger partial charge < -0.3 is 10.5 Å². The molecule has 0 aliphatic carbocycles. The van der Waals surface area contributed by atoms with Crippen LogP contribution < -0.4 is 10.5 Å². The van der Waals surface area contributed by atoms with E-state index in [1.807, 2.05) is 25.1 Å². The normalized spacial score (nSPS) is 9.47. The van der Waals surface area contributed by atoms with Crippen LogP contribution in [-0.4, -0.2) is 17.5 Å². The molecule has 17 heavy (non-hydrogen) atoms. The Kier molecular flexibility index (Phi) is 8.72. The van der Waals surface area contributed by atoms with Gasteiger partial charge in [0.1, 0.15) is 5.75 Å². The zero-order valence-corrected chi connectivity index (χ0v) is 11.6. The average Bonchev–Trinajstić information content (AvgIpc) is 2.26. The third-order valence-electron chi connectivity index (χ3n) is 2.12. The van der Waals surface area contributed by atoms with Gasteiger partial charge in [0.15, 0.2) is 5.17 Å². The summed E-state index contributed by atoms with van der Waals surface area (Å²) in [6.45, 7) is 2.68. The molecule has 0 saturated carbocycles. The number of thioether (sulfide) groups is 1. The molecular weight excluding hydrogens is 256 g/mol. The van der Waals surface area contributed by atoms with Gasteiger partial charge in [-0.15, -0.1) is 12.4 Å². The number of amidine groups is 1. The van der Waals surface area contributed by atoms with Crippen LogP contribution in [0.25, 0.3) is 0 Å². The van der Waals surface area contributed by atoms with Gasteiger partial charge in [0.2, 0.25) is 0 Å². The first-order valence-electron chi connectivity index (χ1n) is 5.41. The van der Waals surface area contributed by atoms with Crippen molar-refractivity contribution >= 4 is 29.3 Å². The summed E-state index contributed by atoms with van der Waals surface area (Å²) in [7, 11) is 0. The largest absolute Gasteiger partial charge is 0.494 e. The predicted octanol–water partition coefficient (Wildman–Crippen LogP) is 3.07. The Bertz CT molecular complexity index is 347. The highest BCUT2D eigenvalue weighted by Gasteiger charge is 2.02. The van der Waals surface area contributed by atoms with Crippen LogP contribution >= 0.6 is 24.2 Å². The Morgan fingerprint density at radius 3 is 2.76 bits per heavy atom. The highest BCUT2D eigenvalue weighted by atomic mass is 35.5. The molecule has 0 unspecified atom stereocenters. The van der Waals surface area contributed by atoms with Gasteiger partial charge in [-0.25, -0.2) is 0 Å². The van der Waals surface area contributed by atoms with Gasteiger partial charge in [-0.1, -0.05) is 30.0 Å². The van der Waals surface area contributed by atoms with E-state index in [1.54, 1.807) is 0 Å². The monoisotopic (exact) mass is 274 g/mol. The zero-order chi connectivity index (χ0) is 11.8. The Morgan fingerprint density at radius 1 is 1.41 bits per heavy atom. The van der Waals surface area contributed by atoms with Gasteiger partial charge in [-0.2, -0.15) is 0 Å². The molecule has 0 saturated heterocycles. The molecule has 3 N–H and O–H groups in total. The fraction of sp³-hybridized carbons (Fsp3) is 0.417. The van der Waals surface area contributed by atoms with Gasteiger partial charge in [0, 0.05) is 5.75 Å². The Balaban J connectivity index is 0.00000256. The highest BCUT2D eigenvalue weighted by molar-refractivity contribution is 8.13. The summed E-state index contributed by atoms with van der Waals surface area (Å²) in [6.07, 6.45) is 1.98. The molecule has 96 valence electrons. The summed E-state index contributed by atoms with van der Waals surface area (Å²) in [5.41, 5.74) is 6.50. The number of nitrogens with one attached hydrogen (secondary N) is 1. The highest BCUT2D eigenvalue weighted by Crippen LogP contribution is 2.20. The number of benzene rings is 1. The number of nitrogens with two attached hydrogens (primary N) is 1. The molecule has 1 aromatic carbocycles. The predicted molar refractivity (Wildman–Crippen MR) is 77.6 cm³/mol. The lowest BCUT2D eigenvalue weighted by atomic mass is 10.1. The smallest absolute Gasteiger partial charge is 0.151 e. The van der Waals surface area contributed by atoms with Crippen molar-refractivity contribution in [3.8, 4) is 5.75 Å². The van der Waals surface area contributed by atoms with Crippen LogP contribution in [0, 0.1) is 5.41 Å². The molecule has 0 heterocycles. The molecular formula is C12H19ClN2OS. The molecule has 0 aromatic heterocycles. The minimum Gasteiger partial charge on any atom is -0.494 e. The number of ether oxygens (including phenoxy) is 1. The lowest BCUT2D eigenvalue weighted by molar-refractivity contribution is 0.336. The molecule has 0 radical (unpaired) electrons. The summed E-state index contributed by atoms with van der Waals surface area (Å²) in [5.74, 6) is 1.85. The van der Waals surface area contributed by atoms with E-state index in [1.165, 1.54) is 17.3 Å². The second-order valence-electron chi connectivity index (χ2n) is 3.36. The minimum absolute atomic E-state index is 0. The van der Waals surface area contributed by atoms with E-state index < -0.39 is 0 Å². The minimum atomic E-state index is 0. The maximum Gasteiger partial charge on any atom is 0.151 e. The van der Waals surface area contributed by atoms with Crippen molar-refractivity contribution in [2.75, 3.05) is 12.4 Å². The number of rotatable bonds is 6. The zero-order valence-electron chi connectivity index (χ0n) is 9.94. The van der Waals surface area contributed by atoms with Gasteiger partial charge in [0.25, 0.3) is 0 Å². The molecule has 0 fully saturated rings. The van der Waals surface area contributed by atoms with Gasteiger partial charge in [-0.05, 0) is 31.4 Å². The average molecular weight is 275 g/mol. The first-order chi connectivity index (χ1) is 7.74. The topological polar surface area (TPSA) is 59.1 Å². The summed E-state index contributed by atoms with van der Waals surface area (Å²) < 4.78 is 5.54. The molecule has 1 rings (SSSR count). The van der Waals surface area contributed by atoms with E-state index in [4.69, 9.17) is 15.9 Å². The number of hydrogen-bond acceptors (Lipinski definition) is 3. The molecule has 1 aromatic rings. The molecule has 0 spiro atoms. The third-order valence-corrected chi connectivity index (χ3v) is 2.92. The van der Waals surface area contributed by atoms with Crippen LogP contribution in [0.5, 0.6) is 5.75 Å². The van der Waals surface area contributed by atoms with Crippen molar-refractivity contribution in [1.29, 1.82) is 5.41 Å². The van der Waals surface area contributed by atoms with Crippen LogP contribution in [0.1, 0.15) is 18.9 Å². The maximum absolute atomic E-state index is 7.10. The molecule has 5 heteroatoms. The van der Waals surface area contributed by atoms with Gasteiger partial charge in [-0.3, -0.25) is 5.41 Å². The first-order valence-corrected chi connectivity index (χ1v) is 6.40.